The van der Waals surface area contributed by atoms with E-state index in [9.17, 15) is 19.1 Å². The SMILES string of the molecule is CC(O)(CNC(=O)C(=O)Nc1cccc(F)c1)c1ccc2c(c1)OCO2. The number of hydrogen-bond donors (Lipinski definition) is 3. The summed E-state index contributed by atoms with van der Waals surface area (Å²) in [6, 6.07) is 10.1. The Morgan fingerprint density at radius 1 is 1.15 bits per heavy atom. The molecule has 3 rings (SSSR count). The fraction of sp³-hybridized carbons (Fsp3) is 0.222. The van der Waals surface area contributed by atoms with Crippen molar-refractivity contribution in [3.63, 3.8) is 0 Å². The molecule has 0 spiro atoms. The van der Waals surface area contributed by atoms with Gasteiger partial charge in [-0.15, -0.1) is 0 Å². The molecule has 0 saturated carbocycles. The molecule has 7 nitrogen and oxygen atoms in total. The van der Waals surface area contributed by atoms with Gasteiger partial charge in [0.05, 0.1) is 6.54 Å². The minimum Gasteiger partial charge on any atom is -0.454 e. The average Bonchev–Trinajstić information content (AvgIpc) is 3.07. The normalized spacial score (nSPS) is 14.4. The van der Waals surface area contributed by atoms with E-state index in [1.54, 1.807) is 18.2 Å². The van der Waals surface area contributed by atoms with Crippen LogP contribution in [0.25, 0.3) is 0 Å². The van der Waals surface area contributed by atoms with Gasteiger partial charge in [-0.1, -0.05) is 12.1 Å². The Balaban J connectivity index is 1.60. The molecule has 1 unspecified atom stereocenters. The van der Waals surface area contributed by atoms with Crippen LogP contribution in [0.1, 0.15) is 12.5 Å². The lowest BCUT2D eigenvalue weighted by molar-refractivity contribution is -0.136. The lowest BCUT2D eigenvalue weighted by Gasteiger charge is -2.24. The molecule has 0 bridgehead atoms. The second-order valence-electron chi connectivity index (χ2n) is 5.99. The molecule has 3 N–H and O–H groups in total. The molecule has 0 saturated heterocycles. The van der Waals surface area contributed by atoms with Crippen LogP contribution in [-0.2, 0) is 15.2 Å². The highest BCUT2D eigenvalue weighted by Crippen LogP contribution is 2.35. The predicted octanol–water partition coefficient (Wildman–Crippen LogP) is 1.52. The highest BCUT2D eigenvalue weighted by molar-refractivity contribution is 6.39. The number of nitrogens with one attached hydrogen (secondary N) is 2. The lowest BCUT2D eigenvalue weighted by atomic mass is 9.95. The number of rotatable bonds is 4. The molecule has 2 aromatic rings. The fourth-order valence-corrected chi connectivity index (χ4v) is 2.42. The Labute approximate surface area is 148 Å². The van der Waals surface area contributed by atoms with Gasteiger partial charge in [0.2, 0.25) is 6.79 Å². The molecule has 0 radical (unpaired) electrons. The quantitative estimate of drug-likeness (QED) is 0.719. The molecule has 26 heavy (non-hydrogen) atoms. The minimum atomic E-state index is -1.43. The number of anilines is 1. The van der Waals surface area contributed by atoms with Crippen LogP contribution in [0.15, 0.2) is 42.5 Å². The van der Waals surface area contributed by atoms with Crippen LogP contribution in [-0.4, -0.2) is 30.3 Å². The molecule has 2 aromatic carbocycles. The number of fused-ring (bicyclic) bond motifs is 1. The summed E-state index contributed by atoms with van der Waals surface area (Å²) >= 11 is 0. The Kier molecular flexibility index (Phi) is 4.77. The zero-order chi connectivity index (χ0) is 18.7. The fourth-order valence-electron chi connectivity index (χ4n) is 2.42. The zero-order valence-electron chi connectivity index (χ0n) is 13.9. The molecule has 8 heteroatoms. The van der Waals surface area contributed by atoms with Gasteiger partial charge in [0.15, 0.2) is 11.5 Å². The summed E-state index contributed by atoms with van der Waals surface area (Å²) in [6.07, 6.45) is 0. The van der Waals surface area contributed by atoms with Gasteiger partial charge in [0, 0.05) is 5.69 Å². The van der Waals surface area contributed by atoms with E-state index in [-0.39, 0.29) is 19.0 Å². The Morgan fingerprint density at radius 2 is 1.92 bits per heavy atom. The Morgan fingerprint density at radius 3 is 2.69 bits per heavy atom. The first-order chi connectivity index (χ1) is 12.3. The van der Waals surface area contributed by atoms with Crippen LogP contribution in [0, 0.1) is 5.82 Å². The van der Waals surface area contributed by atoms with Crippen LogP contribution < -0.4 is 20.1 Å². The van der Waals surface area contributed by atoms with Crippen molar-refractivity contribution in [2.24, 2.45) is 0 Å². The van der Waals surface area contributed by atoms with Crippen molar-refractivity contribution in [2.75, 3.05) is 18.7 Å². The molecular weight excluding hydrogens is 343 g/mol. The number of halogens is 1. The molecule has 1 heterocycles. The molecule has 1 aliphatic heterocycles. The van der Waals surface area contributed by atoms with Gasteiger partial charge in [0.25, 0.3) is 0 Å². The first-order valence-corrected chi connectivity index (χ1v) is 7.82. The first kappa shape index (κ1) is 17.7. The van der Waals surface area contributed by atoms with Crippen molar-refractivity contribution in [1.82, 2.24) is 5.32 Å². The maximum Gasteiger partial charge on any atom is 0.313 e. The van der Waals surface area contributed by atoms with Gasteiger partial charge in [0.1, 0.15) is 11.4 Å². The molecule has 0 aliphatic carbocycles. The number of carbonyl (C=O) groups is 2. The van der Waals surface area contributed by atoms with E-state index in [0.29, 0.717) is 17.1 Å². The highest BCUT2D eigenvalue weighted by Gasteiger charge is 2.27. The maximum absolute atomic E-state index is 13.1. The first-order valence-electron chi connectivity index (χ1n) is 7.82. The summed E-state index contributed by atoms with van der Waals surface area (Å²) in [4.78, 5) is 23.8. The van der Waals surface area contributed by atoms with E-state index in [4.69, 9.17) is 9.47 Å². The van der Waals surface area contributed by atoms with E-state index >= 15 is 0 Å². The van der Waals surface area contributed by atoms with Gasteiger partial charge in [-0.05, 0) is 42.8 Å². The summed E-state index contributed by atoms with van der Waals surface area (Å²) in [5.74, 6) is -1.37. The van der Waals surface area contributed by atoms with Crippen molar-refractivity contribution in [1.29, 1.82) is 0 Å². The van der Waals surface area contributed by atoms with Crippen molar-refractivity contribution >= 4 is 17.5 Å². The summed E-state index contributed by atoms with van der Waals surface area (Å²) in [7, 11) is 0. The monoisotopic (exact) mass is 360 g/mol. The zero-order valence-corrected chi connectivity index (χ0v) is 13.9. The third-order valence-corrected chi connectivity index (χ3v) is 3.88. The maximum atomic E-state index is 13.1. The number of ether oxygens (including phenoxy) is 2. The average molecular weight is 360 g/mol. The van der Waals surface area contributed by atoms with E-state index < -0.39 is 23.2 Å². The summed E-state index contributed by atoms with van der Waals surface area (Å²) in [5.41, 5.74) is -0.782. The van der Waals surface area contributed by atoms with Gasteiger partial charge in [-0.2, -0.15) is 0 Å². The molecular formula is C18H17FN2O5. The van der Waals surface area contributed by atoms with E-state index in [1.165, 1.54) is 25.1 Å². The molecule has 136 valence electrons. The highest BCUT2D eigenvalue weighted by atomic mass is 19.1. The van der Waals surface area contributed by atoms with Gasteiger partial charge < -0.3 is 25.2 Å². The lowest BCUT2D eigenvalue weighted by Crippen LogP contribution is -2.43. The molecule has 1 atom stereocenters. The minimum absolute atomic E-state index is 0.109. The van der Waals surface area contributed by atoms with E-state index in [0.717, 1.165) is 6.07 Å². The van der Waals surface area contributed by atoms with Crippen LogP contribution in [0.3, 0.4) is 0 Å². The van der Waals surface area contributed by atoms with Gasteiger partial charge in [-0.25, -0.2) is 4.39 Å². The molecule has 0 aromatic heterocycles. The topological polar surface area (TPSA) is 96.9 Å². The number of benzene rings is 2. The third-order valence-electron chi connectivity index (χ3n) is 3.88. The van der Waals surface area contributed by atoms with Crippen LogP contribution in [0.2, 0.25) is 0 Å². The van der Waals surface area contributed by atoms with Crippen LogP contribution in [0.5, 0.6) is 11.5 Å². The summed E-state index contributed by atoms with van der Waals surface area (Å²) in [6.45, 7) is 1.40. The smallest absolute Gasteiger partial charge is 0.313 e. The molecule has 2 amide bonds. The van der Waals surface area contributed by atoms with Crippen molar-refractivity contribution < 1.29 is 28.6 Å². The van der Waals surface area contributed by atoms with E-state index in [1.807, 2.05) is 0 Å². The third kappa shape index (κ3) is 3.92. The van der Waals surface area contributed by atoms with Crippen molar-refractivity contribution in [3.05, 3.63) is 53.8 Å². The Bertz CT molecular complexity index is 853. The molecule has 0 fully saturated rings. The number of carbonyl (C=O) groups excluding carboxylic acids is 2. The second kappa shape index (κ2) is 7.01. The Hall–Kier alpha value is -3.13. The largest absolute Gasteiger partial charge is 0.454 e. The number of hydrogen-bond acceptors (Lipinski definition) is 5. The predicted molar refractivity (Wildman–Crippen MR) is 90.2 cm³/mol. The van der Waals surface area contributed by atoms with Gasteiger partial charge in [-0.3, -0.25) is 9.59 Å². The summed E-state index contributed by atoms with van der Waals surface area (Å²) in [5, 5.41) is 15.2. The van der Waals surface area contributed by atoms with Crippen molar-refractivity contribution in [2.45, 2.75) is 12.5 Å². The van der Waals surface area contributed by atoms with Crippen molar-refractivity contribution in [3.8, 4) is 11.5 Å². The number of aliphatic hydroxyl groups is 1. The van der Waals surface area contributed by atoms with Crippen LogP contribution in [0.4, 0.5) is 10.1 Å². The van der Waals surface area contributed by atoms with E-state index in [2.05, 4.69) is 10.6 Å². The standard InChI is InChI=1S/C18H17FN2O5/c1-18(24,11-5-6-14-15(7-11)26-10-25-14)9-20-16(22)17(23)21-13-4-2-3-12(19)8-13/h2-8,24H,9-10H2,1H3,(H,20,22)(H,21,23). The second-order valence-corrected chi connectivity index (χ2v) is 5.99. The van der Waals surface area contributed by atoms with Crippen LogP contribution >= 0.6 is 0 Å². The summed E-state index contributed by atoms with van der Waals surface area (Å²) < 4.78 is 23.6. The molecule has 1 aliphatic rings. The number of amides is 2. The van der Waals surface area contributed by atoms with Gasteiger partial charge >= 0.3 is 11.8 Å².